The van der Waals surface area contributed by atoms with Crippen LogP contribution in [0.25, 0.3) is 0 Å². The molecule has 2 unspecified atom stereocenters. The molecule has 3 aliphatic rings. The van der Waals surface area contributed by atoms with E-state index in [0.29, 0.717) is 16.9 Å². The number of carbonyl (C=O) groups is 4. The molecular weight excluding hydrogens is 478 g/mol. The number of nitrogens with zero attached hydrogens (tertiary/aromatic N) is 2. The first-order valence-corrected chi connectivity index (χ1v) is 13.0. The fourth-order valence-corrected chi connectivity index (χ4v) is 6.61. The van der Waals surface area contributed by atoms with E-state index in [0.717, 1.165) is 31.3 Å². The fraction of sp³-hybridized carbons (Fsp3) is 0.333. The van der Waals surface area contributed by atoms with Crippen molar-refractivity contribution in [2.75, 3.05) is 23.4 Å². The Balaban J connectivity index is 1.37. The first-order chi connectivity index (χ1) is 17.5. The zero-order valence-electron chi connectivity index (χ0n) is 19.9. The van der Waals surface area contributed by atoms with Gasteiger partial charge in [0.2, 0.25) is 11.8 Å². The Labute approximate surface area is 213 Å². The molecule has 1 fully saturated rings. The number of nitrogens with one attached hydrogen (secondary N) is 1. The normalized spacial score (nSPS) is 21.2. The minimum absolute atomic E-state index is 0.191. The summed E-state index contributed by atoms with van der Waals surface area (Å²) in [5.74, 6) is -1.47. The molecule has 186 valence electrons. The molecule has 2 aromatic carbocycles. The molecule has 4 amide bonds. The van der Waals surface area contributed by atoms with E-state index in [9.17, 15) is 19.2 Å². The summed E-state index contributed by atoms with van der Waals surface area (Å²) in [6.07, 6.45) is 3.85. The molecule has 0 radical (unpaired) electrons. The van der Waals surface area contributed by atoms with Crippen molar-refractivity contribution in [1.82, 2.24) is 4.90 Å². The average Bonchev–Trinajstić information content (AvgIpc) is 3.28. The van der Waals surface area contributed by atoms with Gasteiger partial charge in [-0.05, 0) is 79.5 Å². The molecule has 8 nitrogen and oxygen atoms in total. The summed E-state index contributed by atoms with van der Waals surface area (Å²) in [6, 6.07) is 14.8. The maximum absolute atomic E-state index is 13.6. The molecule has 36 heavy (non-hydrogen) atoms. The van der Waals surface area contributed by atoms with E-state index in [1.54, 1.807) is 67.2 Å². The highest BCUT2D eigenvalue weighted by molar-refractivity contribution is 8.04. The number of carbonyl (C=O) groups excluding carboxylic acids is 4. The van der Waals surface area contributed by atoms with Crippen LogP contribution in [0, 0.1) is 5.92 Å². The van der Waals surface area contributed by atoms with Crippen LogP contribution in [0.4, 0.5) is 16.2 Å². The summed E-state index contributed by atoms with van der Waals surface area (Å²) in [7, 11) is 0. The molecule has 5 rings (SSSR count). The fourth-order valence-electron chi connectivity index (χ4n) is 4.97. The summed E-state index contributed by atoms with van der Waals surface area (Å²) in [6.45, 7) is 1.83. The molecule has 2 atom stereocenters. The number of anilines is 2. The van der Waals surface area contributed by atoms with E-state index >= 15 is 0 Å². The monoisotopic (exact) mass is 505 g/mol. The van der Waals surface area contributed by atoms with Gasteiger partial charge >= 0.3 is 12.0 Å². The van der Waals surface area contributed by atoms with Gasteiger partial charge in [-0.3, -0.25) is 9.59 Å². The van der Waals surface area contributed by atoms with Gasteiger partial charge in [-0.25, -0.2) is 14.5 Å². The topological polar surface area (TPSA) is 96.0 Å². The molecule has 1 aliphatic carbocycles. The lowest BCUT2D eigenvalue weighted by atomic mass is 9.86. The highest BCUT2D eigenvalue weighted by atomic mass is 32.2. The zero-order chi connectivity index (χ0) is 25.2. The van der Waals surface area contributed by atoms with Gasteiger partial charge < -0.3 is 15.0 Å². The van der Waals surface area contributed by atoms with Gasteiger partial charge in [0, 0.05) is 5.69 Å². The third kappa shape index (κ3) is 4.51. The Morgan fingerprint density at radius 2 is 1.75 bits per heavy atom. The molecule has 2 aromatic rings. The van der Waals surface area contributed by atoms with E-state index in [1.807, 2.05) is 6.07 Å². The number of benzene rings is 2. The number of hydrogen-bond acceptors (Lipinski definition) is 6. The van der Waals surface area contributed by atoms with Gasteiger partial charge in [-0.2, -0.15) is 0 Å². The van der Waals surface area contributed by atoms with Crippen LogP contribution in [0.2, 0.25) is 0 Å². The van der Waals surface area contributed by atoms with Gasteiger partial charge in [0.1, 0.15) is 6.54 Å². The number of thioether (sulfide) groups is 1. The van der Waals surface area contributed by atoms with Crippen molar-refractivity contribution in [2.24, 2.45) is 5.92 Å². The van der Waals surface area contributed by atoms with Gasteiger partial charge in [-0.15, -0.1) is 11.8 Å². The highest BCUT2D eigenvalue weighted by Crippen LogP contribution is 2.52. The van der Waals surface area contributed by atoms with Crippen molar-refractivity contribution in [1.29, 1.82) is 0 Å². The minimum atomic E-state index is -0.493. The van der Waals surface area contributed by atoms with Gasteiger partial charge in [0.25, 0.3) is 0 Å². The smallest absolute Gasteiger partial charge is 0.338 e. The van der Waals surface area contributed by atoms with E-state index in [2.05, 4.69) is 5.32 Å². The Bertz CT molecular complexity index is 1230. The van der Waals surface area contributed by atoms with E-state index < -0.39 is 23.3 Å². The van der Waals surface area contributed by atoms with Crippen LogP contribution in [0.1, 0.15) is 43.0 Å². The van der Waals surface area contributed by atoms with Gasteiger partial charge in [0.15, 0.2) is 0 Å². The molecule has 2 aliphatic heterocycles. The number of rotatable bonds is 6. The second-order valence-corrected chi connectivity index (χ2v) is 10.1. The van der Waals surface area contributed by atoms with Crippen molar-refractivity contribution in [3.8, 4) is 0 Å². The summed E-state index contributed by atoms with van der Waals surface area (Å²) in [5.41, 5.74) is 2.51. The van der Waals surface area contributed by atoms with E-state index in [1.165, 1.54) is 14.7 Å². The molecular formula is C27H27N3O5S. The number of allylic oxidation sites excluding steroid dienone is 1. The van der Waals surface area contributed by atoms with Crippen molar-refractivity contribution in [3.63, 3.8) is 0 Å². The summed E-state index contributed by atoms with van der Waals surface area (Å²) in [4.78, 5) is 56.1. The number of fused-ring (bicyclic) bond motifs is 2. The van der Waals surface area contributed by atoms with Crippen LogP contribution >= 0.6 is 11.8 Å². The molecule has 0 saturated carbocycles. The number of esters is 1. The number of urea groups is 1. The van der Waals surface area contributed by atoms with E-state index in [4.69, 9.17) is 4.74 Å². The maximum atomic E-state index is 13.6. The second-order valence-electron chi connectivity index (χ2n) is 8.91. The minimum Gasteiger partial charge on any atom is -0.462 e. The molecule has 1 N–H and O–H groups in total. The molecule has 0 aromatic heterocycles. The zero-order valence-corrected chi connectivity index (χ0v) is 20.8. The summed E-state index contributed by atoms with van der Waals surface area (Å²) >= 11 is 1.56. The van der Waals surface area contributed by atoms with Crippen molar-refractivity contribution >= 4 is 47.0 Å². The molecule has 1 saturated heterocycles. The Hall–Kier alpha value is -3.59. The lowest BCUT2D eigenvalue weighted by Crippen LogP contribution is -2.61. The molecule has 2 heterocycles. The van der Waals surface area contributed by atoms with Crippen molar-refractivity contribution in [2.45, 2.75) is 38.0 Å². The number of amides is 4. The summed E-state index contributed by atoms with van der Waals surface area (Å²) in [5, 5.41) is 2.38. The highest BCUT2D eigenvalue weighted by Gasteiger charge is 2.53. The first-order valence-electron chi connectivity index (χ1n) is 12.1. The van der Waals surface area contributed by atoms with Crippen LogP contribution in [0.5, 0.6) is 0 Å². The first kappa shape index (κ1) is 24.1. The summed E-state index contributed by atoms with van der Waals surface area (Å²) < 4.78 is 4.99. The quantitative estimate of drug-likeness (QED) is 0.568. The Morgan fingerprint density at radius 3 is 2.47 bits per heavy atom. The lowest BCUT2D eigenvalue weighted by molar-refractivity contribution is -0.124. The second kappa shape index (κ2) is 10.2. The van der Waals surface area contributed by atoms with Gasteiger partial charge in [0.05, 0.1) is 29.1 Å². The molecule has 9 heteroatoms. The van der Waals surface area contributed by atoms with Crippen molar-refractivity contribution < 1.29 is 23.9 Å². The predicted molar refractivity (Wildman–Crippen MR) is 137 cm³/mol. The third-order valence-corrected chi connectivity index (χ3v) is 8.14. The van der Waals surface area contributed by atoms with Crippen LogP contribution in [0.15, 0.2) is 65.1 Å². The van der Waals surface area contributed by atoms with Crippen LogP contribution in [-0.2, 0) is 14.3 Å². The van der Waals surface area contributed by atoms with Gasteiger partial charge in [-0.1, -0.05) is 18.2 Å². The molecule has 0 bridgehead atoms. The van der Waals surface area contributed by atoms with Crippen molar-refractivity contribution in [3.05, 3.63) is 70.6 Å². The number of ether oxygens (including phenoxy) is 1. The Morgan fingerprint density at radius 1 is 1.03 bits per heavy atom. The molecule has 0 spiro atoms. The Kier molecular flexibility index (Phi) is 6.82. The standard InChI is InChI=1S/C27H27N3O5S/c1-2-35-26(33)17-12-14-18(15-13-17)28-22(31)16-29-25-23(20-10-6-7-11-21(20)36-25)24(32)30(27(29)34)19-8-4-3-5-9-19/h3-5,8-9,12-15,23,25H,2,6-7,10-11,16H2,1H3,(H,28,31). The predicted octanol–water partition coefficient (Wildman–Crippen LogP) is 4.79. The third-order valence-electron chi connectivity index (χ3n) is 6.62. The number of imide groups is 1. The lowest BCUT2D eigenvalue weighted by Gasteiger charge is -2.42. The SMILES string of the molecule is CCOC(=O)c1ccc(NC(=O)CN2C(=O)N(c3ccccc3)C(=O)C3C4=C(CCCC4)SC32)cc1. The largest absolute Gasteiger partial charge is 0.462 e. The van der Waals surface area contributed by atoms with E-state index in [-0.39, 0.29) is 25.0 Å². The van der Waals surface area contributed by atoms with Crippen LogP contribution < -0.4 is 10.2 Å². The van der Waals surface area contributed by atoms with Crippen LogP contribution in [0.3, 0.4) is 0 Å². The number of hydrogen-bond donors (Lipinski definition) is 1. The number of para-hydroxylation sites is 1. The maximum Gasteiger partial charge on any atom is 0.338 e. The average molecular weight is 506 g/mol. The van der Waals surface area contributed by atoms with Crippen LogP contribution in [-0.4, -0.2) is 47.2 Å².